The lowest BCUT2D eigenvalue weighted by molar-refractivity contribution is -0.000397. The summed E-state index contributed by atoms with van der Waals surface area (Å²) in [6.45, 7) is 8.18. The van der Waals surface area contributed by atoms with Gasteiger partial charge in [0, 0.05) is 0 Å². The van der Waals surface area contributed by atoms with Crippen LogP contribution in [-0.4, -0.2) is 11.4 Å². The first-order valence-corrected chi connectivity index (χ1v) is 5.41. The van der Waals surface area contributed by atoms with Crippen molar-refractivity contribution in [3.05, 3.63) is 29.8 Å². The van der Waals surface area contributed by atoms with Crippen LogP contribution in [0.15, 0.2) is 24.3 Å². The molecular weight excluding hydrogens is 188 g/mol. The molecule has 1 unspecified atom stereocenters. The van der Waals surface area contributed by atoms with Crippen LogP contribution in [0.2, 0.25) is 0 Å². The summed E-state index contributed by atoms with van der Waals surface area (Å²) < 4.78 is 5.25. The normalized spacial score (nSPS) is 13.7. The molecule has 0 saturated carbocycles. The Morgan fingerprint density at radius 3 is 2.60 bits per heavy atom. The zero-order chi connectivity index (χ0) is 11.5. The van der Waals surface area contributed by atoms with Crippen LogP contribution in [0.25, 0.3) is 0 Å². The van der Waals surface area contributed by atoms with E-state index in [2.05, 4.69) is 26.8 Å². The highest BCUT2D eigenvalue weighted by Gasteiger charge is 2.18. The molecule has 84 valence electrons. The quantitative estimate of drug-likeness (QED) is 0.770. The lowest BCUT2D eigenvalue weighted by Crippen LogP contribution is -2.16. The second kappa shape index (κ2) is 4.67. The highest BCUT2D eigenvalue weighted by Crippen LogP contribution is 2.29. The molecule has 0 aliphatic carbocycles. The summed E-state index contributed by atoms with van der Waals surface area (Å²) in [5.74, 6) is 0.726. The lowest BCUT2D eigenvalue weighted by Gasteiger charge is -2.24. The van der Waals surface area contributed by atoms with E-state index >= 15 is 0 Å². The molecule has 0 amide bonds. The van der Waals surface area contributed by atoms with E-state index < -0.39 is 6.29 Å². The standard InChI is InChI=1S/C13H20O2/c1-5-13(3,4)11-7-6-8-12(9-11)15-10(2)14/h6-10,14H,5H2,1-4H3. The molecule has 0 spiro atoms. The summed E-state index contributed by atoms with van der Waals surface area (Å²) >= 11 is 0. The monoisotopic (exact) mass is 208 g/mol. The Morgan fingerprint density at radius 1 is 1.40 bits per heavy atom. The number of benzene rings is 1. The summed E-state index contributed by atoms with van der Waals surface area (Å²) in [6.07, 6.45) is 0.315. The molecule has 1 N–H and O–H groups in total. The van der Waals surface area contributed by atoms with Gasteiger partial charge in [-0.15, -0.1) is 0 Å². The van der Waals surface area contributed by atoms with Crippen molar-refractivity contribution in [2.24, 2.45) is 0 Å². The average Bonchev–Trinajstić information content (AvgIpc) is 2.17. The Hall–Kier alpha value is -1.02. The summed E-state index contributed by atoms with van der Waals surface area (Å²) in [7, 11) is 0. The first-order chi connectivity index (χ1) is 6.95. The van der Waals surface area contributed by atoms with Crippen LogP contribution in [0, 0.1) is 0 Å². The summed E-state index contributed by atoms with van der Waals surface area (Å²) in [4.78, 5) is 0. The molecule has 15 heavy (non-hydrogen) atoms. The molecule has 1 atom stereocenters. The van der Waals surface area contributed by atoms with E-state index in [1.54, 1.807) is 6.92 Å². The zero-order valence-corrected chi connectivity index (χ0v) is 9.95. The van der Waals surface area contributed by atoms with Gasteiger partial charge in [-0.3, -0.25) is 0 Å². The van der Waals surface area contributed by atoms with Crippen molar-refractivity contribution in [1.82, 2.24) is 0 Å². The van der Waals surface area contributed by atoms with E-state index in [1.165, 1.54) is 5.56 Å². The van der Waals surface area contributed by atoms with Crippen LogP contribution in [0.4, 0.5) is 0 Å². The van der Waals surface area contributed by atoms with Crippen molar-refractivity contribution in [3.8, 4) is 5.75 Å². The van der Waals surface area contributed by atoms with E-state index in [0.717, 1.165) is 12.2 Å². The van der Waals surface area contributed by atoms with Crippen LogP contribution >= 0.6 is 0 Å². The number of hydrogen-bond acceptors (Lipinski definition) is 2. The van der Waals surface area contributed by atoms with Gasteiger partial charge in [-0.25, -0.2) is 0 Å². The van der Waals surface area contributed by atoms with Gasteiger partial charge in [0.15, 0.2) is 6.29 Å². The third-order valence-electron chi connectivity index (χ3n) is 2.81. The minimum absolute atomic E-state index is 0.151. The maximum atomic E-state index is 9.13. The van der Waals surface area contributed by atoms with Gasteiger partial charge in [0.25, 0.3) is 0 Å². The van der Waals surface area contributed by atoms with Gasteiger partial charge in [-0.2, -0.15) is 0 Å². The maximum Gasteiger partial charge on any atom is 0.194 e. The number of aliphatic hydroxyl groups is 1. The van der Waals surface area contributed by atoms with Gasteiger partial charge < -0.3 is 9.84 Å². The van der Waals surface area contributed by atoms with Crippen molar-refractivity contribution < 1.29 is 9.84 Å². The molecule has 0 bridgehead atoms. The number of ether oxygens (including phenoxy) is 1. The van der Waals surface area contributed by atoms with E-state index in [0.29, 0.717) is 0 Å². The Balaban J connectivity index is 2.92. The van der Waals surface area contributed by atoms with Crippen molar-refractivity contribution in [2.45, 2.75) is 45.8 Å². The van der Waals surface area contributed by atoms with Crippen molar-refractivity contribution >= 4 is 0 Å². The van der Waals surface area contributed by atoms with Crippen LogP contribution in [0.5, 0.6) is 5.75 Å². The second-order valence-corrected chi connectivity index (χ2v) is 4.48. The van der Waals surface area contributed by atoms with Gasteiger partial charge in [0.2, 0.25) is 0 Å². The van der Waals surface area contributed by atoms with Crippen molar-refractivity contribution in [2.75, 3.05) is 0 Å². The Morgan fingerprint density at radius 2 is 2.07 bits per heavy atom. The smallest absolute Gasteiger partial charge is 0.194 e. The zero-order valence-electron chi connectivity index (χ0n) is 9.95. The van der Waals surface area contributed by atoms with Crippen LogP contribution in [0.1, 0.15) is 39.7 Å². The van der Waals surface area contributed by atoms with Gasteiger partial charge in [-0.1, -0.05) is 32.9 Å². The van der Waals surface area contributed by atoms with E-state index in [9.17, 15) is 0 Å². The Bertz CT molecular complexity index is 316. The van der Waals surface area contributed by atoms with Gasteiger partial charge in [0.05, 0.1) is 0 Å². The van der Waals surface area contributed by atoms with Crippen LogP contribution < -0.4 is 4.74 Å². The molecular formula is C13H20O2. The fourth-order valence-electron chi connectivity index (χ4n) is 1.39. The van der Waals surface area contributed by atoms with Crippen molar-refractivity contribution in [1.29, 1.82) is 0 Å². The molecule has 1 aromatic carbocycles. The summed E-state index contributed by atoms with van der Waals surface area (Å²) in [5, 5.41) is 9.13. The number of aliphatic hydroxyl groups excluding tert-OH is 1. The molecule has 0 aromatic heterocycles. The van der Waals surface area contributed by atoms with Crippen LogP contribution in [0.3, 0.4) is 0 Å². The SMILES string of the molecule is CCC(C)(C)c1cccc(OC(C)O)c1. The largest absolute Gasteiger partial charge is 0.465 e. The topological polar surface area (TPSA) is 29.5 Å². The Kier molecular flexibility index (Phi) is 3.75. The lowest BCUT2D eigenvalue weighted by atomic mass is 9.82. The molecule has 2 heteroatoms. The first-order valence-electron chi connectivity index (χ1n) is 5.41. The Labute approximate surface area is 91.9 Å². The molecule has 0 aliphatic heterocycles. The molecule has 0 heterocycles. The fraction of sp³-hybridized carbons (Fsp3) is 0.538. The molecule has 1 aromatic rings. The van der Waals surface area contributed by atoms with Gasteiger partial charge in [0.1, 0.15) is 5.75 Å². The second-order valence-electron chi connectivity index (χ2n) is 4.48. The van der Waals surface area contributed by atoms with Crippen molar-refractivity contribution in [3.63, 3.8) is 0 Å². The van der Waals surface area contributed by atoms with Gasteiger partial charge >= 0.3 is 0 Å². The van der Waals surface area contributed by atoms with E-state index in [1.807, 2.05) is 18.2 Å². The first kappa shape index (κ1) is 12.1. The third-order valence-corrected chi connectivity index (χ3v) is 2.81. The molecule has 2 nitrogen and oxygen atoms in total. The molecule has 1 rings (SSSR count). The minimum atomic E-state index is -0.759. The minimum Gasteiger partial charge on any atom is -0.465 e. The highest BCUT2D eigenvalue weighted by atomic mass is 16.6. The summed E-state index contributed by atoms with van der Waals surface area (Å²) in [6, 6.07) is 7.92. The predicted octanol–water partition coefficient (Wildman–Crippen LogP) is 3.09. The molecule has 0 saturated heterocycles. The molecule has 0 aliphatic rings. The third kappa shape index (κ3) is 3.24. The summed E-state index contributed by atoms with van der Waals surface area (Å²) in [5.41, 5.74) is 1.39. The average molecular weight is 208 g/mol. The van der Waals surface area contributed by atoms with Crippen LogP contribution in [-0.2, 0) is 5.41 Å². The molecule has 0 radical (unpaired) electrons. The number of hydrogen-bond donors (Lipinski definition) is 1. The van der Waals surface area contributed by atoms with Gasteiger partial charge in [-0.05, 0) is 36.5 Å². The van der Waals surface area contributed by atoms with E-state index in [4.69, 9.17) is 9.84 Å². The fourth-order valence-corrected chi connectivity index (χ4v) is 1.39. The highest BCUT2D eigenvalue weighted by molar-refractivity contribution is 5.33. The maximum absolute atomic E-state index is 9.13. The number of rotatable bonds is 4. The van der Waals surface area contributed by atoms with E-state index in [-0.39, 0.29) is 5.41 Å². The predicted molar refractivity (Wildman–Crippen MR) is 62.1 cm³/mol. The molecule has 0 fully saturated rings.